The van der Waals surface area contributed by atoms with Gasteiger partial charge in [0.05, 0.1) is 12.3 Å². The van der Waals surface area contributed by atoms with Crippen molar-refractivity contribution in [3.05, 3.63) is 48.5 Å². The Morgan fingerprint density at radius 2 is 2.13 bits per heavy atom. The molecule has 0 radical (unpaired) electrons. The van der Waals surface area contributed by atoms with Crippen molar-refractivity contribution in [2.75, 3.05) is 7.11 Å². The fourth-order valence-corrected chi connectivity index (χ4v) is 1.42. The normalized spacial score (nSPS) is 10.2. The topological polar surface area (TPSA) is 35.0 Å². The largest absolute Gasteiger partial charge is 0.378 e. The maximum atomic E-state index is 5.04. The van der Waals surface area contributed by atoms with Crippen LogP contribution in [0.1, 0.15) is 5.69 Å². The van der Waals surface area contributed by atoms with Crippen LogP contribution in [-0.2, 0) is 11.3 Å². The second kappa shape index (κ2) is 4.66. The van der Waals surface area contributed by atoms with E-state index in [2.05, 4.69) is 9.97 Å². The zero-order valence-corrected chi connectivity index (χ0v) is 8.55. The first kappa shape index (κ1) is 9.80. The van der Waals surface area contributed by atoms with Crippen LogP contribution < -0.4 is 0 Å². The zero-order valence-electron chi connectivity index (χ0n) is 8.55. The molecule has 3 nitrogen and oxygen atoms in total. The Morgan fingerprint density at radius 1 is 1.20 bits per heavy atom. The minimum absolute atomic E-state index is 0.536. The van der Waals surface area contributed by atoms with Gasteiger partial charge in [0.2, 0.25) is 0 Å². The SMILES string of the molecule is COCc1cc(-c2cccnc2)ccn1. The molecule has 0 saturated heterocycles. The van der Waals surface area contributed by atoms with E-state index < -0.39 is 0 Å². The van der Waals surface area contributed by atoms with Crippen molar-refractivity contribution in [1.29, 1.82) is 0 Å². The molecule has 0 aliphatic carbocycles. The van der Waals surface area contributed by atoms with Gasteiger partial charge >= 0.3 is 0 Å². The van der Waals surface area contributed by atoms with Crippen molar-refractivity contribution >= 4 is 0 Å². The third-order valence-electron chi connectivity index (χ3n) is 2.10. The number of aromatic nitrogens is 2. The van der Waals surface area contributed by atoms with Crippen LogP contribution in [0.15, 0.2) is 42.9 Å². The monoisotopic (exact) mass is 200 g/mol. The van der Waals surface area contributed by atoms with E-state index in [9.17, 15) is 0 Å². The molecule has 3 heteroatoms. The fourth-order valence-electron chi connectivity index (χ4n) is 1.42. The molecular formula is C12H12N2O. The van der Waals surface area contributed by atoms with Gasteiger partial charge in [-0.2, -0.15) is 0 Å². The van der Waals surface area contributed by atoms with Crippen LogP contribution in [0.2, 0.25) is 0 Å². The Kier molecular flexibility index (Phi) is 3.05. The summed E-state index contributed by atoms with van der Waals surface area (Å²) < 4.78 is 5.04. The Balaban J connectivity index is 2.33. The third-order valence-corrected chi connectivity index (χ3v) is 2.10. The first-order valence-electron chi connectivity index (χ1n) is 4.74. The van der Waals surface area contributed by atoms with E-state index >= 15 is 0 Å². The minimum Gasteiger partial charge on any atom is -0.378 e. The minimum atomic E-state index is 0.536. The summed E-state index contributed by atoms with van der Waals surface area (Å²) in [5, 5.41) is 0. The van der Waals surface area contributed by atoms with Crippen LogP contribution >= 0.6 is 0 Å². The van der Waals surface area contributed by atoms with Crippen molar-refractivity contribution in [1.82, 2.24) is 9.97 Å². The van der Waals surface area contributed by atoms with Crippen molar-refractivity contribution in [3.8, 4) is 11.1 Å². The van der Waals surface area contributed by atoms with E-state index in [-0.39, 0.29) is 0 Å². The first-order chi connectivity index (χ1) is 7.40. The van der Waals surface area contributed by atoms with Gasteiger partial charge in [-0.3, -0.25) is 9.97 Å². The van der Waals surface area contributed by atoms with Gasteiger partial charge in [-0.25, -0.2) is 0 Å². The molecule has 0 N–H and O–H groups in total. The number of pyridine rings is 2. The molecular weight excluding hydrogens is 188 g/mol. The molecule has 15 heavy (non-hydrogen) atoms. The molecule has 0 saturated carbocycles. The third kappa shape index (κ3) is 2.39. The lowest BCUT2D eigenvalue weighted by atomic mass is 10.1. The Bertz CT molecular complexity index is 429. The van der Waals surface area contributed by atoms with Crippen LogP contribution in [0.5, 0.6) is 0 Å². The summed E-state index contributed by atoms with van der Waals surface area (Å²) in [5.74, 6) is 0. The summed E-state index contributed by atoms with van der Waals surface area (Å²) in [6, 6.07) is 7.93. The number of hydrogen-bond donors (Lipinski definition) is 0. The Morgan fingerprint density at radius 3 is 2.87 bits per heavy atom. The smallest absolute Gasteiger partial charge is 0.0884 e. The Hall–Kier alpha value is -1.74. The Labute approximate surface area is 88.8 Å². The van der Waals surface area contributed by atoms with Crippen LogP contribution in [0.4, 0.5) is 0 Å². The average molecular weight is 200 g/mol. The van der Waals surface area contributed by atoms with Gasteiger partial charge in [0.25, 0.3) is 0 Å². The quantitative estimate of drug-likeness (QED) is 0.762. The molecule has 2 aromatic rings. The van der Waals surface area contributed by atoms with Crippen molar-refractivity contribution < 1.29 is 4.74 Å². The molecule has 76 valence electrons. The van der Waals surface area contributed by atoms with Crippen molar-refractivity contribution in [3.63, 3.8) is 0 Å². The first-order valence-corrected chi connectivity index (χ1v) is 4.74. The number of nitrogens with zero attached hydrogens (tertiary/aromatic N) is 2. The summed E-state index contributed by atoms with van der Waals surface area (Å²) in [4.78, 5) is 8.29. The molecule has 0 aliphatic rings. The molecule has 2 aromatic heterocycles. The standard InChI is InChI=1S/C12H12N2O/c1-15-9-12-7-10(4-6-14-12)11-3-2-5-13-8-11/h2-8H,9H2,1H3. The highest BCUT2D eigenvalue weighted by atomic mass is 16.5. The van der Waals surface area contributed by atoms with Gasteiger partial charge in [-0.1, -0.05) is 6.07 Å². The number of ether oxygens (including phenoxy) is 1. The van der Waals surface area contributed by atoms with E-state index in [1.807, 2.05) is 30.5 Å². The molecule has 2 heterocycles. The number of hydrogen-bond acceptors (Lipinski definition) is 3. The average Bonchev–Trinajstić information content (AvgIpc) is 2.31. The lowest BCUT2D eigenvalue weighted by Crippen LogP contribution is -1.92. The van der Waals surface area contributed by atoms with Crippen molar-refractivity contribution in [2.24, 2.45) is 0 Å². The molecule has 0 amide bonds. The molecule has 2 rings (SSSR count). The van der Waals surface area contributed by atoms with Crippen LogP contribution in [0.3, 0.4) is 0 Å². The predicted octanol–water partition coefficient (Wildman–Crippen LogP) is 2.29. The maximum Gasteiger partial charge on any atom is 0.0884 e. The molecule has 0 atom stereocenters. The van der Waals surface area contributed by atoms with Gasteiger partial charge in [0.15, 0.2) is 0 Å². The van der Waals surface area contributed by atoms with Crippen LogP contribution in [0, 0.1) is 0 Å². The van der Waals surface area contributed by atoms with Crippen LogP contribution in [-0.4, -0.2) is 17.1 Å². The molecule has 0 aliphatic heterocycles. The van der Waals surface area contributed by atoms with Gasteiger partial charge in [0, 0.05) is 31.3 Å². The van der Waals surface area contributed by atoms with Gasteiger partial charge in [0.1, 0.15) is 0 Å². The summed E-state index contributed by atoms with van der Waals surface area (Å²) in [6.45, 7) is 0.536. The van der Waals surface area contributed by atoms with Crippen molar-refractivity contribution in [2.45, 2.75) is 6.61 Å². The van der Waals surface area contributed by atoms with Crippen LogP contribution in [0.25, 0.3) is 11.1 Å². The summed E-state index contributed by atoms with van der Waals surface area (Å²) >= 11 is 0. The summed E-state index contributed by atoms with van der Waals surface area (Å²) in [6.07, 6.45) is 5.39. The second-order valence-electron chi connectivity index (χ2n) is 3.21. The highest BCUT2D eigenvalue weighted by molar-refractivity contribution is 5.61. The van der Waals surface area contributed by atoms with E-state index in [1.165, 1.54) is 0 Å². The number of methoxy groups -OCH3 is 1. The van der Waals surface area contributed by atoms with E-state index in [1.54, 1.807) is 19.5 Å². The second-order valence-corrected chi connectivity index (χ2v) is 3.21. The summed E-state index contributed by atoms with van der Waals surface area (Å²) in [7, 11) is 1.67. The van der Waals surface area contributed by atoms with E-state index in [0.717, 1.165) is 16.8 Å². The molecule has 0 spiro atoms. The molecule has 0 aromatic carbocycles. The molecule has 0 fully saturated rings. The zero-order chi connectivity index (χ0) is 10.5. The van der Waals surface area contributed by atoms with Gasteiger partial charge in [-0.05, 0) is 23.8 Å². The van der Waals surface area contributed by atoms with Gasteiger partial charge in [-0.15, -0.1) is 0 Å². The number of rotatable bonds is 3. The lowest BCUT2D eigenvalue weighted by Gasteiger charge is -2.03. The highest BCUT2D eigenvalue weighted by Crippen LogP contribution is 2.17. The lowest BCUT2D eigenvalue weighted by molar-refractivity contribution is 0.181. The fraction of sp³-hybridized carbons (Fsp3) is 0.167. The molecule has 0 unspecified atom stereocenters. The van der Waals surface area contributed by atoms with Gasteiger partial charge < -0.3 is 4.74 Å². The summed E-state index contributed by atoms with van der Waals surface area (Å²) in [5.41, 5.74) is 3.14. The highest BCUT2D eigenvalue weighted by Gasteiger charge is 1.99. The predicted molar refractivity (Wildman–Crippen MR) is 58.2 cm³/mol. The van der Waals surface area contributed by atoms with E-state index in [0.29, 0.717) is 6.61 Å². The molecule has 0 bridgehead atoms. The van der Waals surface area contributed by atoms with E-state index in [4.69, 9.17) is 4.74 Å². The maximum absolute atomic E-state index is 5.04.